The number of hydrogen-bond donors (Lipinski definition) is 0. The van der Waals surface area contributed by atoms with Crippen LogP contribution < -0.4 is 0 Å². The Morgan fingerprint density at radius 3 is 1.37 bits per heavy atom. The van der Waals surface area contributed by atoms with Crippen LogP contribution in [0.3, 0.4) is 0 Å². The molecule has 2 heterocycles. The zero-order valence-corrected chi connectivity index (χ0v) is 38.5. The standard InChI is InChI=1S/C53H59BF6N2O/c1-48(2,3)38-21-13-34(14-22-38)42-29-44(36-17-25-40(26-18-36)50(7,8)9)61-45(42)31-47-43(35-15-23-39(24-16-35)49(4,5)6)30-46(37-19-27-41(28-20-37)51(10,11)12)62(47)54(60)63-33-53(58,59)52(56,57)32-55/h13-31H,32-33H2,1-12H3/b45-31-. The molecule has 0 radical (unpaired) electrons. The summed E-state index contributed by atoms with van der Waals surface area (Å²) in [5.41, 5.74) is 9.44. The van der Waals surface area contributed by atoms with Crippen molar-refractivity contribution in [1.29, 1.82) is 0 Å². The van der Waals surface area contributed by atoms with Crippen LogP contribution in [0.15, 0.2) is 120 Å². The number of aromatic nitrogens is 1. The van der Waals surface area contributed by atoms with E-state index in [-0.39, 0.29) is 33.0 Å². The zero-order chi connectivity index (χ0) is 46.5. The number of nitrogens with zero attached hydrogens (tertiary/aromatic N) is 2. The van der Waals surface area contributed by atoms with Crippen molar-refractivity contribution in [2.75, 3.05) is 13.3 Å². The highest BCUT2D eigenvalue weighted by Crippen LogP contribution is 2.41. The van der Waals surface area contributed by atoms with Crippen LogP contribution in [0.25, 0.3) is 34.0 Å². The molecule has 5 aromatic rings. The van der Waals surface area contributed by atoms with Gasteiger partial charge in [0.25, 0.3) is 0 Å². The predicted octanol–water partition coefficient (Wildman–Crippen LogP) is 15.0. The molecule has 63 heavy (non-hydrogen) atoms. The average molecular weight is 865 g/mol. The molecule has 1 aliphatic rings. The summed E-state index contributed by atoms with van der Waals surface area (Å²) in [4.78, 5) is 5.15. The SMILES string of the molecule is CC(C)(C)c1ccc(C2=CC(c3ccc(C(C)(C)C)cc3)=N/C2=C\c2c(-c3ccc(C(C)(C)C)cc3)cc(-c3ccc(C(C)(C)C)cc3)n2B(F)OCC(F)(F)C(F)(F)CF)cc1. The summed E-state index contributed by atoms with van der Waals surface area (Å²) in [5.74, 6) is -10.1. The first-order valence-corrected chi connectivity index (χ1v) is 21.4. The highest BCUT2D eigenvalue weighted by molar-refractivity contribution is 6.43. The van der Waals surface area contributed by atoms with E-state index in [9.17, 15) is 22.0 Å². The van der Waals surface area contributed by atoms with Gasteiger partial charge < -0.3 is 9.13 Å². The average Bonchev–Trinajstić information content (AvgIpc) is 3.81. The molecule has 0 atom stereocenters. The molecule has 3 nitrogen and oxygen atoms in total. The Labute approximate surface area is 370 Å². The lowest BCUT2D eigenvalue weighted by Crippen LogP contribution is -2.47. The van der Waals surface area contributed by atoms with E-state index in [1.54, 1.807) is 12.1 Å². The maximum Gasteiger partial charge on any atom is 0.638 e. The van der Waals surface area contributed by atoms with Gasteiger partial charge in [0.2, 0.25) is 0 Å². The van der Waals surface area contributed by atoms with Crippen LogP contribution in [0.1, 0.15) is 122 Å². The Balaban J connectivity index is 1.63. The Bertz CT molecular complexity index is 2500. The molecular formula is C53H59BF6N2O. The van der Waals surface area contributed by atoms with Gasteiger partial charge in [-0.2, -0.15) is 17.6 Å². The summed E-state index contributed by atoms with van der Waals surface area (Å²) in [7, 11) is -2.72. The quantitative estimate of drug-likeness (QED) is 0.0960. The number of hydrogen-bond acceptors (Lipinski definition) is 2. The fourth-order valence-electron chi connectivity index (χ4n) is 7.44. The van der Waals surface area contributed by atoms with Crippen molar-refractivity contribution >= 4 is 24.7 Å². The third kappa shape index (κ3) is 10.3. The first-order valence-electron chi connectivity index (χ1n) is 21.4. The van der Waals surface area contributed by atoms with Crippen LogP contribution in [-0.4, -0.2) is 42.6 Å². The van der Waals surface area contributed by atoms with Gasteiger partial charge in [0.05, 0.1) is 11.4 Å². The third-order valence-corrected chi connectivity index (χ3v) is 11.7. The molecule has 0 fully saturated rings. The van der Waals surface area contributed by atoms with E-state index in [1.807, 2.05) is 78.9 Å². The van der Waals surface area contributed by atoms with Crippen LogP contribution in [0.5, 0.6) is 0 Å². The van der Waals surface area contributed by atoms with Crippen molar-refractivity contribution in [3.05, 3.63) is 154 Å². The molecule has 10 heteroatoms. The van der Waals surface area contributed by atoms with E-state index in [0.717, 1.165) is 43.4 Å². The first-order chi connectivity index (χ1) is 29.1. The fourth-order valence-corrected chi connectivity index (χ4v) is 7.44. The minimum atomic E-state index is -5.07. The predicted molar refractivity (Wildman–Crippen MR) is 250 cm³/mol. The van der Waals surface area contributed by atoms with E-state index >= 15 is 4.32 Å². The highest BCUT2D eigenvalue weighted by Gasteiger charge is 2.57. The van der Waals surface area contributed by atoms with Gasteiger partial charge >= 0.3 is 19.2 Å². The lowest BCUT2D eigenvalue weighted by molar-refractivity contribution is -0.228. The Morgan fingerprint density at radius 1 is 0.556 bits per heavy atom. The Morgan fingerprint density at radius 2 is 0.952 bits per heavy atom. The fraction of sp³-hybridized carbons (Fsp3) is 0.377. The minimum absolute atomic E-state index is 0.0781. The second-order valence-electron chi connectivity index (χ2n) is 20.7. The molecule has 0 saturated heterocycles. The van der Waals surface area contributed by atoms with Gasteiger partial charge in [0, 0.05) is 28.1 Å². The second-order valence-corrected chi connectivity index (χ2v) is 20.7. The molecule has 332 valence electrons. The molecule has 4 aromatic carbocycles. The van der Waals surface area contributed by atoms with Gasteiger partial charge in [0.1, 0.15) is 6.61 Å². The monoisotopic (exact) mass is 864 g/mol. The van der Waals surface area contributed by atoms with Crippen LogP contribution in [0, 0.1) is 0 Å². The number of halogens is 6. The van der Waals surface area contributed by atoms with E-state index in [2.05, 4.69) is 107 Å². The van der Waals surface area contributed by atoms with Crippen molar-refractivity contribution in [2.24, 2.45) is 4.99 Å². The minimum Gasteiger partial charge on any atom is -0.382 e. The normalized spacial score (nSPS) is 14.9. The van der Waals surface area contributed by atoms with Crippen LogP contribution >= 0.6 is 0 Å². The maximum atomic E-state index is 17.1. The lowest BCUT2D eigenvalue weighted by atomic mass is 9.85. The van der Waals surface area contributed by atoms with Crippen molar-refractivity contribution in [3.63, 3.8) is 0 Å². The Hall–Kier alpha value is -5.09. The maximum absolute atomic E-state index is 17.1. The topological polar surface area (TPSA) is 26.5 Å². The van der Waals surface area contributed by atoms with Gasteiger partial charge in [-0.3, -0.25) is 4.32 Å². The van der Waals surface area contributed by atoms with Gasteiger partial charge in [0.15, 0.2) is 6.67 Å². The van der Waals surface area contributed by atoms with Gasteiger partial charge in [-0.05, 0) is 78.8 Å². The molecule has 0 amide bonds. The molecule has 0 aliphatic carbocycles. The summed E-state index contributed by atoms with van der Waals surface area (Å²) in [6.07, 6.45) is 3.68. The largest absolute Gasteiger partial charge is 0.638 e. The van der Waals surface area contributed by atoms with Gasteiger partial charge in [-0.15, -0.1) is 0 Å². The number of benzene rings is 4. The van der Waals surface area contributed by atoms with E-state index in [1.165, 1.54) is 0 Å². The summed E-state index contributed by atoms with van der Waals surface area (Å²) in [5, 5.41) is 0. The lowest BCUT2D eigenvalue weighted by Gasteiger charge is -2.25. The summed E-state index contributed by atoms with van der Waals surface area (Å²) in [6.45, 7) is 20.6. The van der Waals surface area contributed by atoms with Crippen LogP contribution in [-0.2, 0) is 26.3 Å². The van der Waals surface area contributed by atoms with Crippen LogP contribution in [0.4, 0.5) is 26.3 Å². The van der Waals surface area contributed by atoms with Crippen molar-refractivity contribution in [1.82, 2.24) is 4.48 Å². The van der Waals surface area contributed by atoms with Gasteiger partial charge in [-0.25, -0.2) is 9.38 Å². The van der Waals surface area contributed by atoms with Crippen molar-refractivity contribution < 1.29 is 30.9 Å². The number of allylic oxidation sites excluding steroid dienone is 2. The molecular weight excluding hydrogens is 805 g/mol. The molecule has 6 rings (SSSR count). The zero-order valence-electron chi connectivity index (χ0n) is 38.5. The Kier molecular flexibility index (Phi) is 12.9. The summed E-state index contributed by atoms with van der Waals surface area (Å²) in [6, 6.07) is 33.3. The van der Waals surface area contributed by atoms with E-state index < -0.39 is 32.5 Å². The highest BCUT2D eigenvalue weighted by atomic mass is 19.3. The summed E-state index contributed by atoms with van der Waals surface area (Å²) >= 11 is 0. The summed E-state index contributed by atoms with van der Waals surface area (Å²) < 4.78 is 94.3. The smallest absolute Gasteiger partial charge is 0.382 e. The number of alkyl halides is 5. The molecule has 0 saturated carbocycles. The second kappa shape index (κ2) is 17.1. The van der Waals surface area contributed by atoms with Crippen molar-refractivity contribution in [3.8, 4) is 22.4 Å². The third-order valence-electron chi connectivity index (χ3n) is 11.7. The van der Waals surface area contributed by atoms with Gasteiger partial charge in [-0.1, -0.05) is 180 Å². The molecule has 0 bridgehead atoms. The molecule has 0 unspecified atom stereocenters. The molecule has 0 spiro atoms. The van der Waals surface area contributed by atoms with E-state index in [4.69, 9.17) is 9.65 Å². The van der Waals surface area contributed by atoms with Crippen LogP contribution in [0.2, 0.25) is 0 Å². The van der Waals surface area contributed by atoms with E-state index in [0.29, 0.717) is 28.1 Å². The number of aliphatic imine (C=N–C) groups is 1. The molecule has 1 aliphatic heterocycles. The first kappa shape index (κ1) is 47.4. The number of rotatable bonds is 11. The molecule has 0 N–H and O–H groups in total. The molecule has 1 aromatic heterocycles. The van der Waals surface area contributed by atoms with Crippen molar-refractivity contribution in [2.45, 2.75) is 117 Å².